The maximum atomic E-state index is 11.5. The molecule has 1 aliphatic rings. The summed E-state index contributed by atoms with van der Waals surface area (Å²) < 4.78 is 25.6. The molecule has 3 nitrogen and oxygen atoms in total. The number of hydrogen-bond donors (Lipinski definition) is 1. The smallest absolute Gasteiger partial charge is 0.214 e. The topological polar surface area (TPSA) is 46.2 Å². The number of hydrogen-bond acceptors (Lipinski definition) is 2. The van der Waals surface area contributed by atoms with Gasteiger partial charge in [-0.15, -0.1) is 0 Å². The minimum absolute atomic E-state index is 0.107. The highest BCUT2D eigenvalue weighted by Crippen LogP contribution is 2.27. The third-order valence-corrected chi connectivity index (χ3v) is 4.71. The largest absolute Gasteiger partial charge is 0.215 e. The fourth-order valence-corrected chi connectivity index (χ4v) is 3.07. The first kappa shape index (κ1) is 11.6. The summed E-state index contributed by atoms with van der Waals surface area (Å²) in [5, 5.41) is -0.107. The van der Waals surface area contributed by atoms with Crippen LogP contribution in [0.3, 0.4) is 0 Å². The Labute approximate surface area is 96.9 Å². The van der Waals surface area contributed by atoms with Gasteiger partial charge in [0.25, 0.3) is 0 Å². The van der Waals surface area contributed by atoms with Gasteiger partial charge in [-0.25, -0.2) is 13.1 Å². The Hall–Kier alpha value is -0.870. The summed E-state index contributed by atoms with van der Waals surface area (Å²) in [4.78, 5) is 0. The second-order valence-electron chi connectivity index (χ2n) is 4.23. The van der Waals surface area contributed by atoms with Crippen LogP contribution in [0.5, 0.6) is 0 Å². The molecule has 1 aromatic rings. The zero-order valence-corrected chi connectivity index (χ0v) is 10.0. The predicted molar refractivity (Wildman–Crippen MR) is 64.7 cm³/mol. The van der Waals surface area contributed by atoms with Crippen LogP contribution in [-0.4, -0.2) is 20.2 Å². The number of benzene rings is 1. The van der Waals surface area contributed by atoms with Gasteiger partial charge in [-0.05, 0) is 31.2 Å². The number of aryl methyl sites for hydroxylation is 1. The molecule has 1 aliphatic carbocycles. The Morgan fingerprint density at radius 2 is 1.88 bits per heavy atom. The molecule has 0 aliphatic heterocycles. The van der Waals surface area contributed by atoms with E-state index in [0.717, 1.165) is 25.7 Å². The monoisotopic (exact) mass is 239 g/mol. The van der Waals surface area contributed by atoms with Gasteiger partial charge >= 0.3 is 0 Å². The van der Waals surface area contributed by atoms with Crippen molar-refractivity contribution in [1.29, 1.82) is 0 Å². The fourth-order valence-electron chi connectivity index (χ4n) is 1.65. The van der Waals surface area contributed by atoms with Crippen LogP contribution in [-0.2, 0) is 16.4 Å². The molecule has 0 unspecified atom stereocenters. The zero-order valence-electron chi connectivity index (χ0n) is 9.22. The van der Waals surface area contributed by atoms with Gasteiger partial charge in [0.1, 0.15) is 0 Å². The minimum Gasteiger partial charge on any atom is -0.215 e. The summed E-state index contributed by atoms with van der Waals surface area (Å²) in [6.07, 6.45) is 3.44. The molecule has 88 valence electrons. The van der Waals surface area contributed by atoms with Crippen LogP contribution in [0.25, 0.3) is 0 Å². The second kappa shape index (κ2) is 4.97. The van der Waals surface area contributed by atoms with Crippen molar-refractivity contribution in [3.05, 3.63) is 35.9 Å². The van der Waals surface area contributed by atoms with E-state index in [-0.39, 0.29) is 5.25 Å². The molecule has 4 heteroatoms. The molecule has 0 atom stereocenters. The molecule has 0 heterocycles. The summed E-state index contributed by atoms with van der Waals surface area (Å²) in [5.41, 5.74) is 1.26. The molecule has 0 radical (unpaired) electrons. The Morgan fingerprint density at radius 1 is 1.19 bits per heavy atom. The molecule has 1 fully saturated rings. The molecule has 0 bridgehead atoms. The van der Waals surface area contributed by atoms with E-state index in [0.29, 0.717) is 6.54 Å². The van der Waals surface area contributed by atoms with Crippen LogP contribution in [0.2, 0.25) is 0 Å². The van der Waals surface area contributed by atoms with Crippen molar-refractivity contribution in [2.75, 3.05) is 6.54 Å². The summed E-state index contributed by atoms with van der Waals surface area (Å²) in [6, 6.07) is 10.1. The standard InChI is InChI=1S/C12H17NO2S/c14-16(15,12-8-9-12)13-10-4-7-11-5-2-1-3-6-11/h1-3,5-6,12-13H,4,7-10H2. The first-order valence-corrected chi connectivity index (χ1v) is 7.25. The van der Waals surface area contributed by atoms with Crippen LogP contribution < -0.4 is 4.72 Å². The van der Waals surface area contributed by atoms with E-state index in [2.05, 4.69) is 16.9 Å². The molecule has 1 aromatic carbocycles. The number of nitrogens with one attached hydrogen (secondary N) is 1. The van der Waals surface area contributed by atoms with Crippen LogP contribution in [0.4, 0.5) is 0 Å². The molecular formula is C12H17NO2S. The third-order valence-electron chi connectivity index (χ3n) is 2.75. The first-order valence-electron chi connectivity index (χ1n) is 5.71. The van der Waals surface area contributed by atoms with Gasteiger partial charge in [-0.3, -0.25) is 0 Å². The molecule has 16 heavy (non-hydrogen) atoms. The lowest BCUT2D eigenvalue weighted by molar-refractivity contribution is 0.577. The first-order chi connectivity index (χ1) is 7.68. The lowest BCUT2D eigenvalue weighted by Crippen LogP contribution is -2.28. The van der Waals surface area contributed by atoms with Gasteiger partial charge in [-0.1, -0.05) is 30.3 Å². The molecule has 0 spiro atoms. The summed E-state index contributed by atoms with van der Waals surface area (Å²) in [7, 11) is -2.99. The van der Waals surface area contributed by atoms with E-state index < -0.39 is 10.0 Å². The lowest BCUT2D eigenvalue weighted by Gasteiger charge is -2.05. The number of sulfonamides is 1. The van der Waals surface area contributed by atoms with Crippen molar-refractivity contribution < 1.29 is 8.42 Å². The second-order valence-corrected chi connectivity index (χ2v) is 6.27. The molecule has 0 saturated heterocycles. The number of rotatable bonds is 6. The molecule has 0 aromatic heterocycles. The van der Waals surface area contributed by atoms with Crippen LogP contribution >= 0.6 is 0 Å². The Morgan fingerprint density at radius 3 is 2.50 bits per heavy atom. The van der Waals surface area contributed by atoms with E-state index >= 15 is 0 Å². The highest BCUT2D eigenvalue weighted by Gasteiger charge is 2.34. The van der Waals surface area contributed by atoms with Crippen molar-refractivity contribution in [3.63, 3.8) is 0 Å². The van der Waals surface area contributed by atoms with Gasteiger partial charge < -0.3 is 0 Å². The minimum atomic E-state index is -2.99. The fraction of sp³-hybridized carbons (Fsp3) is 0.500. The Kier molecular flexibility index (Phi) is 3.61. The molecular weight excluding hydrogens is 222 g/mol. The molecule has 1 saturated carbocycles. The van der Waals surface area contributed by atoms with E-state index in [1.54, 1.807) is 0 Å². The van der Waals surface area contributed by atoms with E-state index in [1.807, 2.05) is 18.2 Å². The van der Waals surface area contributed by atoms with Crippen molar-refractivity contribution in [1.82, 2.24) is 4.72 Å². The maximum absolute atomic E-state index is 11.5. The molecule has 2 rings (SSSR count). The average molecular weight is 239 g/mol. The van der Waals surface area contributed by atoms with E-state index in [4.69, 9.17) is 0 Å². The van der Waals surface area contributed by atoms with Gasteiger partial charge in [0.05, 0.1) is 5.25 Å². The van der Waals surface area contributed by atoms with Crippen molar-refractivity contribution >= 4 is 10.0 Å². The Balaban J connectivity index is 1.69. The van der Waals surface area contributed by atoms with Gasteiger partial charge in [0, 0.05) is 6.54 Å². The van der Waals surface area contributed by atoms with Crippen molar-refractivity contribution in [2.24, 2.45) is 0 Å². The van der Waals surface area contributed by atoms with E-state index in [1.165, 1.54) is 5.56 Å². The summed E-state index contributed by atoms with van der Waals surface area (Å²) in [5.74, 6) is 0. The lowest BCUT2D eigenvalue weighted by atomic mass is 10.1. The van der Waals surface area contributed by atoms with Gasteiger partial charge in [0.15, 0.2) is 0 Å². The normalized spacial score (nSPS) is 16.2. The highest BCUT2D eigenvalue weighted by atomic mass is 32.2. The van der Waals surface area contributed by atoms with Gasteiger partial charge in [-0.2, -0.15) is 0 Å². The predicted octanol–water partition coefficient (Wildman–Crippen LogP) is 1.70. The van der Waals surface area contributed by atoms with Crippen LogP contribution in [0, 0.1) is 0 Å². The average Bonchev–Trinajstić information content (AvgIpc) is 3.10. The van der Waals surface area contributed by atoms with Crippen LogP contribution in [0.1, 0.15) is 24.8 Å². The quantitative estimate of drug-likeness (QED) is 0.768. The molecule has 1 N–H and O–H groups in total. The Bertz CT molecular complexity index is 424. The van der Waals surface area contributed by atoms with Gasteiger partial charge in [0.2, 0.25) is 10.0 Å². The molecule has 0 amide bonds. The van der Waals surface area contributed by atoms with Crippen LogP contribution in [0.15, 0.2) is 30.3 Å². The SMILES string of the molecule is O=S(=O)(NCCCc1ccccc1)C1CC1. The highest BCUT2D eigenvalue weighted by molar-refractivity contribution is 7.90. The summed E-state index contributed by atoms with van der Waals surface area (Å²) in [6.45, 7) is 0.549. The summed E-state index contributed by atoms with van der Waals surface area (Å²) >= 11 is 0. The van der Waals surface area contributed by atoms with E-state index in [9.17, 15) is 8.42 Å². The third kappa shape index (κ3) is 3.32. The maximum Gasteiger partial charge on any atom is 0.214 e. The van der Waals surface area contributed by atoms with Crippen molar-refractivity contribution in [3.8, 4) is 0 Å². The zero-order chi connectivity index (χ0) is 11.4. The van der Waals surface area contributed by atoms with Crippen molar-refractivity contribution in [2.45, 2.75) is 30.9 Å².